The van der Waals surface area contributed by atoms with Gasteiger partial charge in [-0.3, -0.25) is 0 Å². The molecular weight excluding hydrogens is 618 g/mol. The van der Waals surface area contributed by atoms with E-state index < -0.39 is 23.5 Å². The number of halogens is 6. The number of benzene rings is 4. The van der Waals surface area contributed by atoms with Gasteiger partial charge in [-0.15, -0.1) is 59.3 Å². The largest absolute Gasteiger partial charge is 0.508 e. The smallest absolute Gasteiger partial charge is 0.416 e. The van der Waals surface area contributed by atoms with Crippen LogP contribution >= 0.6 is 0 Å². The van der Waals surface area contributed by atoms with Crippen LogP contribution in [0.25, 0.3) is 21.5 Å². The molecule has 2 nitrogen and oxygen atoms in total. The summed E-state index contributed by atoms with van der Waals surface area (Å²) in [4.78, 5) is 0. The van der Waals surface area contributed by atoms with Crippen molar-refractivity contribution in [3.8, 4) is 11.5 Å². The Morgan fingerprint density at radius 2 is 0.818 bits per heavy atom. The van der Waals surface area contributed by atoms with Crippen LogP contribution in [0.4, 0.5) is 26.3 Å². The number of phenols is 2. The van der Waals surface area contributed by atoms with Gasteiger partial charge >= 0.3 is 46.4 Å². The minimum Gasteiger partial charge on any atom is -0.508 e. The number of phenolic OH excluding ortho intramolecular Hbond substituents is 2. The van der Waals surface area contributed by atoms with Gasteiger partial charge in [-0.25, -0.2) is 0 Å². The van der Waals surface area contributed by atoms with Crippen molar-refractivity contribution in [2.24, 2.45) is 0 Å². The van der Waals surface area contributed by atoms with Gasteiger partial charge in [-0.2, -0.15) is 61.4 Å². The zero-order valence-electron chi connectivity index (χ0n) is 23.8. The maximum absolute atomic E-state index is 11.8. The minimum atomic E-state index is -4.33. The molecule has 0 aliphatic heterocycles. The SMILES string of the molecule is C[C](C)=[Cr].Oc1ccc(C(F)(F)F)cc1.Oc1ccc(C(F)(F)F)cc1.c1ccc2[cH-]ccc2c1.c1ccc2[cH-]ccc2c1. The molecule has 6 aromatic rings. The summed E-state index contributed by atoms with van der Waals surface area (Å²) in [6, 6.07) is 36.7. The maximum atomic E-state index is 11.8. The number of alkyl halides is 6. The maximum Gasteiger partial charge on any atom is 0.416 e. The average molecular weight is 649 g/mol. The fourth-order valence-electron chi connectivity index (χ4n) is 3.44. The molecule has 0 heterocycles. The van der Waals surface area contributed by atoms with Crippen LogP contribution in [0.5, 0.6) is 11.5 Å². The number of aromatic hydroxyl groups is 2. The molecule has 0 amide bonds. The Kier molecular flexibility index (Phi) is 13.9. The predicted octanol–water partition coefficient (Wildman–Crippen LogP) is 10.7. The van der Waals surface area contributed by atoms with Gasteiger partial charge in [0.15, 0.2) is 0 Å². The van der Waals surface area contributed by atoms with E-state index in [2.05, 4.69) is 101 Å². The van der Waals surface area contributed by atoms with Gasteiger partial charge in [0.2, 0.25) is 0 Å². The van der Waals surface area contributed by atoms with Crippen molar-refractivity contribution >= 4 is 25.9 Å². The summed E-state index contributed by atoms with van der Waals surface area (Å²) in [6.45, 7) is 4.06. The molecule has 0 bridgehead atoms. The summed E-state index contributed by atoms with van der Waals surface area (Å²) in [7, 11) is 0. The fourth-order valence-corrected chi connectivity index (χ4v) is 3.44. The normalized spacial score (nSPS) is 10.5. The molecule has 0 fully saturated rings. The number of fused-ring (bicyclic) bond motifs is 2. The molecule has 44 heavy (non-hydrogen) atoms. The summed E-state index contributed by atoms with van der Waals surface area (Å²) in [5, 5.41) is 22.6. The first-order valence-electron chi connectivity index (χ1n) is 13.1. The third-order valence-electron chi connectivity index (χ3n) is 5.48. The molecule has 0 radical (unpaired) electrons. The Morgan fingerprint density at radius 1 is 0.523 bits per heavy atom. The Morgan fingerprint density at radius 3 is 1.09 bits per heavy atom. The molecule has 0 spiro atoms. The molecule has 0 aromatic heterocycles. The number of hydrogen-bond donors (Lipinski definition) is 2. The molecule has 9 heteroatoms. The first-order chi connectivity index (χ1) is 20.7. The van der Waals surface area contributed by atoms with E-state index in [1.165, 1.54) is 25.9 Å². The van der Waals surface area contributed by atoms with E-state index in [4.69, 9.17) is 10.2 Å². The zero-order valence-corrected chi connectivity index (χ0v) is 25.0. The van der Waals surface area contributed by atoms with Crippen LogP contribution in [0.1, 0.15) is 25.0 Å². The molecule has 0 atom stereocenters. The van der Waals surface area contributed by atoms with Crippen LogP contribution in [0.2, 0.25) is 0 Å². The van der Waals surface area contributed by atoms with Crippen LogP contribution in [-0.4, -0.2) is 14.6 Å². The van der Waals surface area contributed by atoms with Gasteiger partial charge in [-0.1, -0.05) is 12.1 Å². The van der Waals surface area contributed by atoms with Gasteiger partial charge in [0.1, 0.15) is 11.5 Å². The first kappa shape index (κ1) is 35.9. The monoisotopic (exact) mass is 648 g/mol. The molecule has 6 aromatic carbocycles. The number of rotatable bonds is 0. The average Bonchev–Trinajstić information content (AvgIpc) is 3.63. The summed E-state index contributed by atoms with van der Waals surface area (Å²) in [5.74, 6) is -0.337. The molecule has 2 N–H and O–H groups in total. The van der Waals surface area contributed by atoms with E-state index in [9.17, 15) is 26.3 Å². The Bertz CT molecular complexity index is 1490. The second-order valence-corrected chi connectivity index (χ2v) is 10.6. The van der Waals surface area contributed by atoms with Gasteiger partial charge in [0.25, 0.3) is 0 Å². The summed E-state index contributed by atoms with van der Waals surface area (Å²) in [6.07, 6.45) is -8.65. The molecule has 0 unspecified atom stereocenters. The van der Waals surface area contributed by atoms with Crippen molar-refractivity contribution in [3.05, 3.63) is 145 Å². The van der Waals surface area contributed by atoms with Crippen molar-refractivity contribution in [2.75, 3.05) is 0 Å². The summed E-state index contributed by atoms with van der Waals surface area (Å²) >= 11 is 2.82. The Hall–Kier alpha value is -4.32. The standard InChI is InChI=1S/2C9H7.2C7H5F3O.C3H6.Cr/c2*1-2-5-9-7-3-6-8(9)4-1;2*8-7(9,10)5-1-3-6(11)4-2-5;1-3-2;/h2*1-7H;2*1-4,11H;1-2H3;/q2*-1;;;;. The zero-order chi connectivity index (χ0) is 32.8. The van der Waals surface area contributed by atoms with E-state index in [0.717, 1.165) is 48.5 Å². The van der Waals surface area contributed by atoms with Crippen LogP contribution < -0.4 is 0 Å². The Labute approximate surface area is 260 Å². The van der Waals surface area contributed by atoms with Crippen molar-refractivity contribution in [1.29, 1.82) is 0 Å². The second-order valence-electron chi connectivity index (χ2n) is 9.31. The molecule has 0 saturated carbocycles. The molecule has 0 aliphatic rings. The fraction of sp³-hybridized carbons (Fsp3) is 0.114. The van der Waals surface area contributed by atoms with Gasteiger partial charge < -0.3 is 10.2 Å². The third-order valence-corrected chi connectivity index (χ3v) is 5.48. The number of hydrogen-bond acceptors (Lipinski definition) is 2. The van der Waals surface area contributed by atoms with Crippen LogP contribution in [0.15, 0.2) is 133 Å². The van der Waals surface area contributed by atoms with E-state index in [-0.39, 0.29) is 11.5 Å². The van der Waals surface area contributed by atoms with E-state index in [1.807, 2.05) is 13.8 Å². The molecule has 232 valence electrons. The minimum absolute atomic E-state index is 0.169. The first-order valence-corrected chi connectivity index (χ1v) is 13.7. The van der Waals surface area contributed by atoms with E-state index in [1.54, 1.807) is 0 Å². The van der Waals surface area contributed by atoms with Crippen molar-refractivity contribution in [2.45, 2.75) is 26.2 Å². The van der Waals surface area contributed by atoms with Crippen LogP contribution in [0, 0.1) is 0 Å². The van der Waals surface area contributed by atoms with Crippen molar-refractivity contribution in [1.82, 2.24) is 0 Å². The van der Waals surface area contributed by atoms with E-state index >= 15 is 0 Å². The molecular formula is C35H30CrF6O2-2. The Balaban J connectivity index is 0.000000197. The molecule has 0 aliphatic carbocycles. The quantitative estimate of drug-likeness (QED) is 0.127. The van der Waals surface area contributed by atoms with Crippen LogP contribution in [0.3, 0.4) is 0 Å². The molecule has 0 saturated heterocycles. The van der Waals surface area contributed by atoms with Gasteiger partial charge in [0.05, 0.1) is 11.1 Å². The van der Waals surface area contributed by atoms with Gasteiger partial charge in [-0.05, 0) is 48.5 Å². The predicted molar refractivity (Wildman–Crippen MR) is 162 cm³/mol. The third kappa shape index (κ3) is 13.3. The van der Waals surface area contributed by atoms with Gasteiger partial charge in [0, 0.05) is 0 Å². The molecule has 6 rings (SSSR count). The van der Waals surface area contributed by atoms with Crippen LogP contribution in [-0.2, 0) is 28.2 Å². The van der Waals surface area contributed by atoms with E-state index in [0.29, 0.717) is 0 Å². The topological polar surface area (TPSA) is 40.5 Å². The second kappa shape index (κ2) is 17.1. The summed E-state index contributed by atoms with van der Waals surface area (Å²) < 4.78 is 72.3. The van der Waals surface area contributed by atoms with Crippen molar-refractivity contribution in [3.63, 3.8) is 0 Å². The van der Waals surface area contributed by atoms with Crippen molar-refractivity contribution < 1.29 is 52.4 Å². The summed E-state index contributed by atoms with van der Waals surface area (Å²) in [5.41, 5.74) is -1.51.